The van der Waals surface area contributed by atoms with Gasteiger partial charge in [0.05, 0.1) is 6.04 Å². The molecule has 0 heterocycles. The van der Waals surface area contributed by atoms with Crippen molar-refractivity contribution in [2.24, 2.45) is 0 Å². The van der Waals surface area contributed by atoms with E-state index >= 15 is 0 Å². The van der Waals surface area contributed by atoms with Gasteiger partial charge in [-0.1, -0.05) is 13.2 Å². The van der Waals surface area contributed by atoms with Crippen LogP contribution in [-0.4, -0.2) is 13.0 Å². The molecule has 0 spiro atoms. The molecule has 3 N–H and O–H groups in total. The van der Waals surface area contributed by atoms with Crippen molar-refractivity contribution >= 4 is 6.98 Å². The highest BCUT2D eigenvalue weighted by molar-refractivity contribution is 6.56. The van der Waals surface area contributed by atoms with Crippen LogP contribution in [0.15, 0.2) is 0 Å². The lowest BCUT2D eigenvalue weighted by Crippen LogP contribution is -2.61. The fourth-order valence-electron chi connectivity index (χ4n) is 1.19. The fraction of sp³-hybridized carbons (Fsp3) is 1.00. The van der Waals surface area contributed by atoms with E-state index in [2.05, 4.69) is 5.73 Å². The average molecular weight is 183 g/mol. The SMILES string of the molecule is C[B-](F)(F)F.[NH3+]C1CCCCC1. The Labute approximate surface area is 71.6 Å². The molecule has 0 aromatic heterocycles. The fourth-order valence-corrected chi connectivity index (χ4v) is 1.19. The Balaban J connectivity index is 0.000000217. The summed E-state index contributed by atoms with van der Waals surface area (Å²) in [6.45, 7) is -4.25. The summed E-state index contributed by atoms with van der Waals surface area (Å²) in [7, 11) is 0. The van der Waals surface area contributed by atoms with Crippen molar-refractivity contribution < 1.29 is 18.7 Å². The van der Waals surface area contributed by atoms with Gasteiger partial charge in [-0.25, -0.2) is 0 Å². The van der Waals surface area contributed by atoms with Gasteiger partial charge in [0.1, 0.15) is 0 Å². The minimum absolute atomic E-state index is 0.250. The van der Waals surface area contributed by atoms with Gasteiger partial charge < -0.3 is 18.7 Å². The first-order chi connectivity index (χ1) is 5.39. The van der Waals surface area contributed by atoms with Crippen LogP contribution in [-0.2, 0) is 0 Å². The van der Waals surface area contributed by atoms with Crippen LogP contribution in [0.25, 0.3) is 0 Å². The standard InChI is InChI=1S/C6H13N.CH3BF3/c7-6-4-2-1-3-5-6;1-2(3,4)5/h6H,1-5,7H2;1H3/q;-1/p+1. The van der Waals surface area contributed by atoms with Gasteiger partial charge in [-0.05, 0) is 25.7 Å². The molecule has 0 saturated heterocycles. The zero-order chi connectivity index (χ0) is 9.61. The minimum Gasteiger partial charge on any atom is -0.449 e. The Morgan fingerprint density at radius 2 is 1.42 bits per heavy atom. The van der Waals surface area contributed by atoms with Gasteiger partial charge in [-0.2, -0.15) is 0 Å². The van der Waals surface area contributed by atoms with Crippen LogP contribution in [0.4, 0.5) is 12.9 Å². The molecular weight excluding hydrogens is 166 g/mol. The highest BCUT2D eigenvalue weighted by Crippen LogP contribution is 2.13. The van der Waals surface area contributed by atoms with E-state index < -0.39 is 6.98 Å². The van der Waals surface area contributed by atoms with Crippen LogP contribution in [0, 0.1) is 0 Å². The van der Waals surface area contributed by atoms with Gasteiger partial charge in [-0.15, -0.1) is 0 Å². The van der Waals surface area contributed by atoms with E-state index in [1.165, 1.54) is 32.1 Å². The van der Waals surface area contributed by atoms with Crippen molar-refractivity contribution in [3.05, 3.63) is 0 Å². The molecule has 1 nitrogen and oxygen atoms in total. The number of rotatable bonds is 0. The predicted molar refractivity (Wildman–Crippen MR) is 44.7 cm³/mol. The molecule has 0 aliphatic heterocycles. The minimum atomic E-state index is -4.50. The number of halogens is 3. The summed E-state index contributed by atoms with van der Waals surface area (Å²) in [6, 6.07) is 0.786. The Morgan fingerprint density at radius 3 is 1.58 bits per heavy atom. The molecule has 5 heteroatoms. The second kappa shape index (κ2) is 5.46. The van der Waals surface area contributed by atoms with Crippen LogP contribution < -0.4 is 5.73 Å². The smallest absolute Gasteiger partial charge is 0.449 e. The van der Waals surface area contributed by atoms with E-state index in [0.29, 0.717) is 0 Å². The molecule has 0 bridgehead atoms. The van der Waals surface area contributed by atoms with Gasteiger partial charge in [0.25, 0.3) is 0 Å². The lowest BCUT2D eigenvalue weighted by atomic mass is 9.97. The Kier molecular flexibility index (Phi) is 5.37. The highest BCUT2D eigenvalue weighted by atomic mass is 19.4. The van der Waals surface area contributed by atoms with Crippen molar-refractivity contribution in [2.45, 2.75) is 45.0 Å². The summed E-state index contributed by atoms with van der Waals surface area (Å²) >= 11 is 0. The van der Waals surface area contributed by atoms with E-state index in [1.807, 2.05) is 0 Å². The van der Waals surface area contributed by atoms with Crippen LogP contribution in [0.3, 0.4) is 0 Å². The van der Waals surface area contributed by atoms with Crippen LogP contribution in [0.2, 0.25) is 6.82 Å². The molecule has 1 aliphatic rings. The Hall–Kier alpha value is -0.185. The van der Waals surface area contributed by atoms with E-state index in [9.17, 15) is 12.9 Å². The van der Waals surface area contributed by atoms with Crippen LogP contribution in [0.1, 0.15) is 32.1 Å². The maximum Gasteiger partial charge on any atom is 0.475 e. The summed E-state index contributed by atoms with van der Waals surface area (Å²) in [5, 5.41) is 0. The molecule has 1 rings (SSSR count). The Morgan fingerprint density at radius 1 is 1.08 bits per heavy atom. The molecule has 0 aromatic carbocycles. The van der Waals surface area contributed by atoms with E-state index in [1.54, 1.807) is 0 Å². The van der Waals surface area contributed by atoms with Gasteiger partial charge in [0.2, 0.25) is 0 Å². The highest BCUT2D eigenvalue weighted by Gasteiger charge is 2.11. The van der Waals surface area contributed by atoms with Crippen LogP contribution in [0.5, 0.6) is 0 Å². The third-order valence-corrected chi connectivity index (χ3v) is 1.72. The molecule has 0 amide bonds. The second-order valence-electron chi connectivity index (χ2n) is 3.41. The molecule has 0 radical (unpaired) electrons. The van der Waals surface area contributed by atoms with Gasteiger partial charge >= 0.3 is 6.98 Å². The monoisotopic (exact) mass is 183 g/mol. The molecule has 0 unspecified atom stereocenters. The molecule has 1 aliphatic carbocycles. The third-order valence-electron chi connectivity index (χ3n) is 1.72. The zero-order valence-electron chi connectivity index (χ0n) is 7.53. The quantitative estimate of drug-likeness (QED) is 0.556. The molecule has 1 saturated carbocycles. The normalized spacial score (nSPS) is 19.8. The number of hydrogen-bond acceptors (Lipinski definition) is 0. The number of hydrogen-bond donors (Lipinski definition) is 1. The summed E-state index contributed by atoms with van der Waals surface area (Å²) in [6.07, 6.45) is 7.05. The third kappa shape index (κ3) is 12.5. The molecule has 74 valence electrons. The van der Waals surface area contributed by atoms with E-state index in [4.69, 9.17) is 0 Å². The van der Waals surface area contributed by atoms with E-state index in [0.717, 1.165) is 6.04 Å². The Bertz CT molecular complexity index is 104. The molecular formula is C7H17BF3N. The number of quaternary nitrogens is 1. The lowest BCUT2D eigenvalue weighted by molar-refractivity contribution is -0.425. The first-order valence-electron chi connectivity index (χ1n) is 4.46. The van der Waals surface area contributed by atoms with Crippen molar-refractivity contribution in [3.8, 4) is 0 Å². The maximum absolute atomic E-state index is 10.4. The molecule has 0 aromatic rings. The predicted octanol–water partition coefficient (Wildman–Crippen LogP) is 2.02. The summed E-state index contributed by atoms with van der Waals surface area (Å²) < 4.78 is 31.2. The van der Waals surface area contributed by atoms with E-state index in [-0.39, 0.29) is 6.82 Å². The first kappa shape index (κ1) is 11.8. The van der Waals surface area contributed by atoms with Gasteiger partial charge in [0, 0.05) is 0 Å². The lowest BCUT2D eigenvalue weighted by Gasteiger charge is -2.12. The zero-order valence-corrected chi connectivity index (χ0v) is 7.53. The first-order valence-corrected chi connectivity index (χ1v) is 4.46. The van der Waals surface area contributed by atoms with Crippen molar-refractivity contribution in [1.82, 2.24) is 0 Å². The maximum atomic E-state index is 10.4. The summed E-state index contributed by atoms with van der Waals surface area (Å²) in [5.74, 6) is 0. The summed E-state index contributed by atoms with van der Waals surface area (Å²) in [5.41, 5.74) is 4.00. The van der Waals surface area contributed by atoms with Gasteiger partial charge in [-0.3, -0.25) is 0 Å². The van der Waals surface area contributed by atoms with Gasteiger partial charge in [0.15, 0.2) is 0 Å². The van der Waals surface area contributed by atoms with Crippen molar-refractivity contribution in [2.75, 3.05) is 0 Å². The second-order valence-corrected chi connectivity index (χ2v) is 3.41. The molecule has 0 atom stereocenters. The molecule has 1 fully saturated rings. The molecule has 12 heavy (non-hydrogen) atoms. The largest absolute Gasteiger partial charge is 0.475 e. The average Bonchev–Trinajstić information content (AvgIpc) is 1.85. The summed E-state index contributed by atoms with van der Waals surface area (Å²) in [4.78, 5) is 0. The van der Waals surface area contributed by atoms with Crippen molar-refractivity contribution in [3.63, 3.8) is 0 Å². The van der Waals surface area contributed by atoms with Crippen LogP contribution >= 0.6 is 0 Å². The topological polar surface area (TPSA) is 27.6 Å². The van der Waals surface area contributed by atoms with Crippen molar-refractivity contribution in [1.29, 1.82) is 0 Å².